The lowest BCUT2D eigenvalue weighted by molar-refractivity contribution is 0.0936. The predicted molar refractivity (Wildman–Crippen MR) is 72.0 cm³/mol. The number of carbonyl (C=O) groups is 1. The van der Waals surface area contributed by atoms with Crippen molar-refractivity contribution in [1.29, 1.82) is 0 Å². The Morgan fingerprint density at radius 3 is 2.89 bits per heavy atom. The van der Waals surface area contributed by atoms with E-state index in [4.69, 9.17) is 11.6 Å². The highest BCUT2D eigenvalue weighted by atomic mass is 35.5. The van der Waals surface area contributed by atoms with Crippen molar-refractivity contribution in [2.24, 2.45) is 0 Å². The molecule has 1 amide bonds. The predicted octanol–water partition coefficient (Wildman–Crippen LogP) is 2.11. The minimum absolute atomic E-state index is 0.115. The van der Waals surface area contributed by atoms with Crippen LogP contribution >= 0.6 is 11.6 Å². The standard InChI is InChI=1S/C14H12ClN3O/c15-12-7-9-3-1-2-4-11(9)13(12)18-14(19)10-5-6-16-17-8-10/h1-6,8,12-13H,7H2,(H,18,19). The van der Waals surface area contributed by atoms with Crippen LogP contribution in [0, 0.1) is 0 Å². The van der Waals surface area contributed by atoms with Crippen molar-refractivity contribution in [3.8, 4) is 0 Å². The number of rotatable bonds is 2. The number of fused-ring (bicyclic) bond motifs is 1. The summed E-state index contributed by atoms with van der Waals surface area (Å²) in [5.41, 5.74) is 2.78. The molecule has 2 unspecified atom stereocenters. The molecule has 2 aromatic rings. The Labute approximate surface area is 115 Å². The SMILES string of the molecule is O=C(NC1c2ccccc2CC1Cl)c1ccnnc1. The van der Waals surface area contributed by atoms with E-state index in [2.05, 4.69) is 15.5 Å². The van der Waals surface area contributed by atoms with Gasteiger partial charge in [-0.3, -0.25) is 4.79 Å². The quantitative estimate of drug-likeness (QED) is 0.853. The highest BCUT2D eigenvalue weighted by molar-refractivity contribution is 6.21. The fraction of sp³-hybridized carbons (Fsp3) is 0.214. The first kappa shape index (κ1) is 12.1. The van der Waals surface area contributed by atoms with Crippen LogP contribution in [0.3, 0.4) is 0 Å². The molecule has 0 saturated heterocycles. The third-order valence-electron chi connectivity index (χ3n) is 3.30. The summed E-state index contributed by atoms with van der Waals surface area (Å²) in [6, 6.07) is 9.48. The molecular weight excluding hydrogens is 262 g/mol. The number of benzene rings is 1. The van der Waals surface area contributed by atoms with Crippen LogP contribution in [0.15, 0.2) is 42.7 Å². The van der Waals surface area contributed by atoms with Gasteiger partial charge >= 0.3 is 0 Å². The van der Waals surface area contributed by atoms with Gasteiger partial charge in [-0.25, -0.2) is 0 Å². The summed E-state index contributed by atoms with van der Waals surface area (Å²) in [4.78, 5) is 12.1. The van der Waals surface area contributed by atoms with E-state index in [0.717, 1.165) is 12.0 Å². The second kappa shape index (κ2) is 4.97. The molecular formula is C14H12ClN3O. The summed E-state index contributed by atoms with van der Waals surface area (Å²) < 4.78 is 0. The topological polar surface area (TPSA) is 54.9 Å². The molecule has 0 saturated carbocycles. The molecule has 1 aliphatic carbocycles. The molecule has 5 heteroatoms. The van der Waals surface area contributed by atoms with E-state index in [-0.39, 0.29) is 17.3 Å². The minimum atomic E-state index is -0.178. The normalized spacial score (nSPS) is 20.9. The van der Waals surface area contributed by atoms with Gasteiger partial charge < -0.3 is 5.32 Å². The van der Waals surface area contributed by atoms with Gasteiger partial charge in [-0.15, -0.1) is 11.6 Å². The van der Waals surface area contributed by atoms with Gasteiger partial charge in [0.1, 0.15) is 0 Å². The summed E-state index contributed by atoms with van der Waals surface area (Å²) >= 11 is 6.33. The van der Waals surface area contributed by atoms with Crippen molar-refractivity contribution in [2.45, 2.75) is 17.8 Å². The van der Waals surface area contributed by atoms with Crippen LogP contribution in [0.2, 0.25) is 0 Å². The Bertz CT molecular complexity index is 603. The van der Waals surface area contributed by atoms with E-state index in [1.807, 2.05) is 24.3 Å². The molecule has 1 N–H and O–H groups in total. The lowest BCUT2D eigenvalue weighted by Gasteiger charge is -2.17. The molecule has 0 aliphatic heterocycles. The zero-order chi connectivity index (χ0) is 13.2. The molecule has 1 aromatic heterocycles. The van der Waals surface area contributed by atoms with E-state index in [1.165, 1.54) is 18.0 Å². The fourth-order valence-corrected chi connectivity index (χ4v) is 2.73. The number of hydrogen-bond acceptors (Lipinski definition) is 3. The molecule has 4 nitrogen and oxygen atoms in total. The molecule has 19 heavy (non-hydrogen) atoms. The van der Waals surface area contributed by atoms with Crippen molar-refractivity contribution < 1.29 is 4.79 Å². The number of hydrogen-bond donors (Lipinski definition) is 1. The average molecular weight is 274 g/mol. The van der Waals surface area contributed by atoms with Crippen LogP contribution in [-0.4, -0.2) is 21.5 Å². The number of nitrogens with zero attached hydrogens (tertiary/aromatic N) is 2. The summed E-state index contributed by atoms with van der Waals surface area (Å²) in [5, 5.41) is 10.2. The van der Waals surface area contributed by atoms with Crippen LogP contribution in [0.4, 0.5) is 0 Å². The molecule has 96 valence electrons. The minimum Gasteiger partial charge on any atom is -0.344 e. The Balaban J connectivity index is 1.82. The number of amides is 1. The van der Waals surface area contributed by atoms with Crippen LogP contribution in [0.1, 0.15) is 27.5 Å². The molecule has 0 fully saturated rings. The number of alkyl halides is 1. The van der Waals surface area contributed by atoms with Gasteiger partial charge in [0.15, 0.2) is 0 Å². The summed E-state index contributed by atoms with van der Waals surface area (Å²) in [6.07, 6.45) is 3.71. The summed E-state index contributed by atoms with van der Waals surface area (Å²) in [5.74, 6) is -0.178. The third-order valence-corrected chi connectivity index (χ3v) is 3.71. The zero-order valence-corrected chi connectivity index (χ0v) is 10.8. The monoisotopic (exact) mass is 273 g/mol. The van der Waals surface area contributed by atoms with Crippen molar-refractivity contribution in [3.05, 3.63) is 59.4 Å². The van der Waals surface area contributed by atoms with Crippen molar-refractivity contribution >= 4 is 17.5 Å². The Kier molecular flexibility index (Phi) is 3.17. The van der Waals surface area contributed by atoms with Crippen LogP contribution < -0.4 is 5.32 Å². The summed E-state index contributed by atoms with van der Waals surface area (Å²) in [6.45, 7) is 0. The van der Waals surface area contributed by atoms with Crippen molar-refractivity contribution in [3.63, 3.8) is 0 Å². The third kappa shape index (κ3) is 2.31. The first-order chi connectivity index (χ1) is 9.25. The molecule has 0 radical (unpaired) electrons. The summed E-state index contributed by atoms with van der Waals surface area (Å²) in [7, 11) is 0. The van der Waals surface area contributed by atoms with Crippen LogP contribution in [0.25, 0.3) is 0 Å². The highest BCUT2D eigenvalue weighted by Gasteiger charge is 2.32. The average Bonchev–Trinajstić information content (AvgIpc) is 2.76. The fourth-order valence-electron chi connectivity index (χ4n) is 2.36. The lowest BCUT2D eigenvalue weighted by atomic mass is 10.1. The van der Waals surface area contributed by atoms with E-state index in [0.29, 0.717) is 5.56 Å². The van der Waals surface area contributed by atoms with Gasteiger partial charge in [0.2, 0.25) is 0 Å². The maximum atomic E-state index is 12.1. The molecule has 1 heterocycles. The van der Waals surface area contributed by atoms with Crippen LogP contribution in [-0.2, 0) is 6.42 Å². The lowest BCUT2D eigenvalue weighted by Crippen LogP contribution is -2.31. The molecule has 2 atom stereocenters. The molecule has 0 bridgehead atoms. The molecule has 0 spiro atoms. The highest BCUT2D eigenvalue weighted by Crippen LogP contribution is 2.34. The maximum absolute atomic E-state index is 12.1. The first-order valence-corrected chi connectivity index (χ1v) is 6.49. The van der Waals surface area contributed by atoms with E-state index in [9.17, 15) is 4.79 Å². The van der Waals surface area contributed by atoms with Gasteiger partial charge in [-0.05, 0) is 23.6 Å². The van der Waals surface area contributed by atoms with Gasteiger partial charge in [0.05, 0.1) is 29.4 Å². The van der Waals surface area contributed by atoms with E-state index in [1.54, 1.807) is 6.07 Å². The molecule has 1 aliphatic rings. The smallest absolute Gasteiger partial charge is 0.253 e. The molecule has 1 aromatic carbocycles. The largest absolute Gasteiger partial charge is 0.344 e. The van der Waals surface area contributed by atoms with Gasteiger partial charge in [-0.1, -0.05) is 24.3 Å². The molecule has 3 rings (SSSR count). The van der Waals surface area contributed by atoms with Gasteiger partial charge in [0, 0.05) is 0 Å². The Hall–Kier alpha value is -1.94. The van der Waals surface area contributed by atoms with Gasteiger partial charge in [-0.2, -0.15) is 10.2 Å². The number of nitrogens with one attached hydrogen (secondary N) is 1. The van der Waals surface area contributed by atoms with Crippen molar-refractivity contribution in [2.75, 3.05) is 0 Å². The number of carbonyl (C=O) groups excluding carboxylic acids is 1. The zero-order valence-electron chi connectivity index (χ0n) is 10.1. The first-order valence-electron chi connectivity index (χ1n) is 6.05. The number of aromatic nitrogens is 2. The Morgan fingerprint density at radius 2 is 2.11 bits per heavy atom. The second-order valence-corrected chi connectivity index (χ2v) is 5.06. The number of halogens is 1. The van der Waals surface area contributed by atoms with Crippen LogP contribution in [0.5, 0.6) is 0 Å². The van der Waals surface area contributed by atoms with Crippen molar-refractivity contribution in [1.82, 2.24) is 15.5 Å². The maximum Gasteiger partial charge on any atom is 0.253 e. The second-order valence-electron chi connectivity index (χ2n) is 4.50. The van der Waals surface area contributed by atoms with E-state index < -0.39 is 0 Å². The van der Waals surface area contributed by atoms with E-state index >= 15 is 0 Å². The van der Waals surface area contributed by atoms with Gasteiger partial charge in [0.25, 0.3) is 5.91 Å². The Morgan fingerprint density at radius 1 is 1.26 bits per heavy atom.